The molecule has 1 aliphatic carbocycles. The van der Waals surface area contributed by atoms with Crippen molar-refractivity contribution >= 4 is 72.8 Å². The van der Waals surface area contributed by atoms with E-state index < -0.39 is 11.9 Å². The standard InChI is InChI=1S/C58H63N9O6S/c1-35-33-66(47-17-9-15-43-52(63-64(3)54(43)47)44-25-27-51(68)61-56(44)70)32-31-65(35)29-7-6-11-37-20-22-39(23-21-37)73-48-18-10-13-40(36(48)2)41-24-26-50(60-53(41)57(71)72)67-30-28-38-12-8-14-42(45(38)34-67)55(69)62-58-59-46-16-4-5-19-49(46)74-58/h4-5,8-10,12-19,24,26,35,37,39,44H,6-7,11,20-23,25,27-34H2,1-3H3,(H,71,72)(H,59,62,69)(H,61,68,70)/t35-,37?,39?,44?/m1/s1. The summed E-state index contributed by atoms with van der Waals surface area (Å²) in [5.41, 5.74) is 8.52. The summed E-state index contributed by atoms with van der Waals surface area (Å²) in [6.07, 6.45) is 9.46. The number of hydrogen-bond acceptors (Lipinski definition) is 12. The number of piperidine rings is 1. The van der Waals surface area contributed by atoms with E-state index in [0.29, 0.717) is 66.4 Å². The Kier molecular flexibility index (Phi) is 13.9. The molecule has 4 aliphatic rings. The highest BCUT2D eigenvalue weighted by Crippen LogP contribution is 2.39. The summed E-state index contributed by atoms with van der Waals surface area (Å²) >= 11 is 1.44. The van der Waals surface area contributed by atoms with Crippen LogP contribution in [0.25, 0.3) is 32.2 Å². The van der Waals surface area contributed by atoms with Gasteiger partial charge in [-0.25, -0.2) is 14.8 Å². The molecule has 1 unspecified atom stereocenters. The minimum atomic E-state index is -1.10. The van der Waals surface area contributed by atoms with E-state index in [1.165, 1.54) is 30.6 Å². The monoisotopic (exact) mass is 1010 g/mol. The number of hydrogen-bond donors (Lipinski definition) is 3. The molecule has 7 aromatic rings. The van der Waals surface area contributed by atoms with Crippen LogP contribution in [0.5, 0.6) is 5.75 Å². The Labute approximate surface area is 434 Å². The SMILES string of the molecule is Cc1c(OC2CCC(CCCCN3CCN(c4cccc5c(C6CCC(=O)NC6=O)nn(C)c45)C[C@H]3C)CC2)cccc1-c1ccc(N2CCc3cccc(C(=O)Nc4nc5ccccc5s4)c3C2)nc1C(=O)O. The van der Waals surface area contributed by atoms with Gasteiger partial charge >= 0.3 is 5.97 Å². The molecular formula is C58H63N9O6S. The molecule has 0 radical (unpaired) electrons. The number of carboxylic acids is 1. The molecule has 15 nitrogen and oxygen atoms in total. The van der Waals surface area contributed by atoms with Gasteiger partial charge in [0.2, 0.25) is 11.8 Å². The van der Waals surface area contributed by atoms with Crippen molar-refractivity contribution in [1.82, 2.24) is 30.0 Å². The van der Waals surface area contributed by atoms with Gasteiger partial charge in [0, 0.05) is 68.7 Å². The number of thiazole rings is 1. The maximum Gasteiger partial charge on any atom is 0.355 e. The number of aromatic carboxylic acids is 1. The summed E-state index contributed by atoms with van der Waals surface area (Å²) in [7, 11) is 1.95. The van der Waals surface area contributed by atoms with Gasteiger partial charge in [-0.2, -0.15) is 5.10 Å². The molecule has 0 spiro atoms. The maximum atomic E-state index is 13.7. The number of anilines is 3. The Morgan fingerprint density at radius 3 is 2.49 bits per heavy atom. The Hall–Kier alpha value is -7.17. The molecule has 3 amide bonds. The number of aromatic nitrogens is 4. The quantitative estimate of drug-likeness (QED) is 0.0696. The molecule has 16 heteroatoms. The lowest BCUT2D eigenvalue weighted by atomic mass is 9.84. The van der Waals surface area contributed by atoms with Gasteiger partial charge in [-0.3, -0.25) is 34.6 Å². The largest absolute Gasteiger partial charge is 0.490 e. The number of rotatable bonds is 14. The highest BCUT2D eigenvalue weighted by Gasteiger charge is 2.34. The van der Waals surface area contributed by atoms with Gasteiger partial charge in [-0.1, -0.05) is 72.7 Å². The topological polar surface area (TPSA) is 175 Å². The van der Waals surface area contributed by atoms with Gasteiger partial charge < -0.3 is 19.6 Å². The second kappa shape index (κ2) is 21.0. The molecule has 2 atom stereocenters. The zero-order valence-corrected chi connectivity index (χ0v) is 43.1. The van der Waals surface area contributed by atoms with Crippen LogP contribution in [0.3, 0.4) is 0 Å². The average Bonchev–Trinajstić information content (AvgIpc) is 3.98. The van der Waals surface area contributed by atoms with Crippen LogP contribution >= 0.6 is 11.3 Å². The van der Waals surface area contributed by atoms with Gasteiger partial charge in [-0.15, -0.1) is 0 Å². The Morgan fingerprint density at radius 1 is 0.851 bits per heavy atom. The van der Waals surface area contributed by atoms with Crippen LogP contribution < -0.4 is 25.2 Å². The normalized spacial score (nSPS) is 20.4. The zero-order chi connectivity index (χ0) is 51.0. The number of amides is 3. The number of carbonyl (C=O) groups is 4. The lowest BCUT2D eigenvalue weighted by Gasteiger charge is -2.41. The molecule has 3 aromatic heterocycles. The fourth-order valence-electron chi connectivity index (χ4n) is 11.9. The van der Waals surface area contributed by atoms with Crippen LogP contribution in [-0.2, 0) is 29.6 Å². The molecule has 3 aliphatic heterocycles. The minimum absolute atomic E-state index is 0.0188. The summed E-state index contributed by atoms with van der Waals surface area (Å²) in [5, 5.41) is 22.4. The van der Waals surface area contributed by atoms with Gasteiger partial charge in [0.25, 0.3) is 5.91 Å². The van der Waals surface area contributed by atoms with Gasteiger partial charge in [0.05, 0.1) is 39.1 Å². The minimum Gasteiger partial charge on any atom is -0.490 e. The first kappa shape index (κ1) is 49.1. The van der Waals surface area contributed by atoms with Crippen LogP contribution in [0.15, 0.2) is 91.0 Å². The number of nitrogens with zero attached hydrogens (tertiary/aromatic N) is 7. The van der Waals surface area contributed by atoms with Crippen molar-refractivity contribution in [2.24, 2.45) is 13.0 Å². The van der Waals surface area contributed by atoms with E-state index in [2.05, 4.69) is 55.4 Å². The number of fused-ring (bicyclic) bond motifs is 3. The van der Waals surface area contributed by atoms with Crippen LogP contribution in [-0.4, -0.2) is 98.3 Å². The van der Waals surface area contributed by atoms with E-state index in [9.17, 15) is 24.3 Å². The number of carboxylic acid groups (broad SMARTS) is 1. The van der Waals surface area contributed by atoms with Gasteiger partial charge in [0.1, 0.15) is 11.6 Å². The second-order valence-electron chi connectivity index (χ2n) is 20.6. The van der Waals surface area contributed by atoms with Crippen molar-refractivity contribution < 1.29 is 29.0 Å². The number of para-hydroxylation sites is 2. The fraction of sp³-hybridized carbons (Fsp3) is 0.397. The number of benzene rings is 4. The summed E-state index contributed by atoms with van der Waals surface area (Å²) in [4.78, 5) is 67.7. The Bertz CT molecular complexity index is 3250. The molecule has 2 saturated heterocycles. The molecule has 382 valence electrons. The third-order valence-electron chi connectivity index (χ3n) is 16.0. The predicted octanol–water partition coefficient (Wildman–Crippen LogP) is 9.91. The number of imide groups is 1. The summed E-state index contributed by atoms with van der Waals surface area (Å²) in [5.74, 6) is -0.212. The van der Waals surface area contributed by atoms with E-state index in [1.54, 1.807) is 0 Å². The molecule has 6 heterocycles. The molecule has 4 aromatic carbocycles. The number of pyridine rings is 1. The van der Waals surface area contributed by atoms with Gasteiger partial charge in [0.15, 0.2) is 10.8 Å². The van der Waals surface area contributed by atoms with Crippen LogP contribution in [0.2, 0.25) is 0 Å². The summed E-state index contributed by atoms with van der Waals surface area (Å²) in [6.45, 7) is 9.29. The molecule has 74 heavy (non-hydrogen) atoms. The third-order valence-corrected chi connectivity index (χ3v) is 16.9. The highest BCUT2D eigenvalue weighted by atomic mass is 32.1. The zero-order valence-electron chi connectivity index (χ0n) is 42.3. The lowest BCUT2D eigenvalue weighted by Crippen LogP contribution is -2.52. The van der Waals surface area contributed by atoms with Crippen molar-refractivity contribution in [1.29, 1.82) is 0 Å². The molecule has 3 fully saturated rings. The maximum absolute atomic E-state index is 13.7. The molecule has 0 bridgehead atoms. The van der Waals surface area contributed by atoms with Crippen LogP contribution in [0, 0.1) is 12.8 Å². The van der Waals surface area contributed by atoms with Crippen LogP contribution in [0.1, 0.15) is 114 Å². The van der Waals surface area contributed by atoms with Crippen LogP contribution in [0.4, 0.5) is 16.6 Å². The number of unbranched alkanes of at least 4 members (excludes halogenated alkanes) is 1. The first-order valence-corrected chi connectivity index (χ1v) is 27.1. The number of piperazine rings is 1. The number of carbonyl (C=O) groups excluding carboxylic acids is 3. The molecular weight excluding hydrogens is 951 g/mol. The smallest absolute Gasteiger partial charge is 0.355 e. The van der Waals surface area contributed by atoms with Crippen molar-refractivity contribution in [3.63, 3.8) is 0 Å². The summed E-state index contributed by atoms with van der Waals surface area (Å²) < 4.78 is 9.61. The Balaban J connectivity index is 0.663. The summed E-state index contributed by atoms with van der Waals surface area (Å²) in [6, 6.07) is 29.9. The molecule has 11 rings (SSSR count). The highest BCUT2D eigenvalue weighted by molar-refractivity contribution is 7.22. The van der Waals surface area contributed by atoms with E-state index in [4.69, 9.17) is 14.8 Å². The second-order valence-corrected chi connectivity index (χ2v) is 21.7. The fourth-order valence-corrected chi connectivity index (χ4v) is 12.8. The van der Waals surface area contributed by atoms with Crippen molar-refractivity contribution in [2.75, 3.05) is 47.8 Å². The first-order chi connectivity index (χ1) is 35.9. The number of ether oxygens (including phenoxy) is 1. The predicted molar refractivity (Wildman–Crippen MR) is 289 cm³/mol. The van der Waals surface area contributed by atoms with E-state index in [-0.39, 0.29) is 29.5 Å². The Morgan fingerprint density at radius 2 is 1.68 bits per heavy atom. The van der Waals surface area contributed by atoms with E-state index in [1.807, 2.05) is 91.4 Å². The third kappa shape index (κ3) is 9.96. The lowest BCUT2D eigenvalue weighted by molar-refractivity contribution is -0.134. The first-order valence-electron chi connectivity index (χ1n) is 26.3. The average molecular weight is 1010 g/mol. The van der Waals surface area contributed by atoms with Crippen molar-refractivity contribution in [3.8, 4) is 16.9 Å². The van der Waals surface area contributed by atoms with Crippen molar-refractivity contribution in [2.45, 2.75) is 103 Å². The van der Waals surface area contributed by atoms with E-state index >= 15 is 0 Å². The van der Waals surface area contributed by atoms with E-state index in [0.717, 1.165) is 112 Å². The number of aryl methyl sites for hydroxylation is 1. The molecule has 3 N–H and O–H groups in total. The number of nitrogens with one attached hydrogen (secondary N) is 2. The van der Waals surface area contributed by atoms with Gasteiger partial charge in [-0.05, 0) is 136 Å². The van der Waals surface area contributed by atoms with Crippen molar-refractivity contribution in [3.05, 3.63) is 125 Å². The molecule has 1 saturated carbocycles.